The number of hydrogen-bond acceptors (Lipinski definition) is 4. The fourth-order valence-electron chi connectivity index (χ4n) is 2.60. The van der Waals surface area contributed by atoms with E-state index in [0.717, 1.165) is 37.4 Å². The van der Waals surface area contributed by atoms with E-state index in [2.05, 4.69) is 20.2 Å². The first-order chi connectivity index (χ1) is 10.7. The Labute approximate surface area is 134 Å². The van der Waals surface area contributed by atoms with Gasteiger partial charge in [-0.1, -0.05) is 11.6 Å². The third kappa shape index (κ3) is 3.54. The average Bonchev–Trinajstić information content (AvgIpc) is 2.58. The Morgan fingerprint density at radius 3 is 2.55 bits per heavy atom. The second-order valence-corrected chi connectivity index (χ2v) is 5.76. The normalized spacial score (nSPS) is 15.6. The molecule has 1 aliphatic heterocycles. The first-order valence-electron chi connectivity index (χ1n) is 7.30. The smallest absolute Gasteiger partial charge is 0.227 e. The standard InChI is InChI=1S/C16H17ClN4O/c17-13-1-3-14(4-2-13)20-16(22)12-5-9-21(10-6-12)15-11-18-7-8-19-15/h1-4,7-8,11-12H,5-6,9-10H2,(H,20,22). The van der Waals surface area contributed by atoms with E-state index in [1.165, 1.54) is 0 Å². The number of rotatable bonds is 3. The van der Waals surface area contributed by atoms with Crippen molar-refractivity contribution in [2.45, 2.75) is 12.8 Å². The summed E-state index contributed by atoms with van der Waals surface area (Å²) in [6.07, 6.45) is 6.74. The van der Waals surface area contributed by atoms with E-state index in [0.29, 0.717) is 5.02 Å². The van der Waals surface area contributed by atoms with Crippen LogP contribution in [-0.4, -0.2) is 29.0 Å². The number of carbonyl (C=O) groups is 1. The van der Waals surface area contributed by atoms with Gasteiger partial charge in [0.25, 0.3) is 0 Å². The van der Waals surface area contributed by atoms with Crippen molar-refractivity contribution in [3.63, 3.8) is 0 Å². The molecular weight excluding hydrogens is 300 g/mol. The van der Waals surface area contributed by atoms with Gasteiger partial charge in [0, 0.05) is 42.1 Å². The molecule has 3 rings (SSSR count). The Balaban J connectivity index is 1.54. The van der Waals surface area contributed by atoms with E-state index in [4.69, 9.17) is 11.6 Å². The molecule has 0 atom stereocenters. The number of benzene rings is 1. The van der Waals surface area contributed by atoms with Gasteiger partial charge >= 0.3 is 0 Å². The largest absolute Gasteiger partial charge is 0.355 e. The van der Waals surface area contributed by atoms with Crippen molar-refractivity contribution >= 4 is 29.0 Å². The van der Waals surface area contributed by atoms with Crippen LogP contribution in [0.5, 0.6) is 0 Å². The molecule has 2 aromatic rings. The number of hydrogen-bond donors (Lipinski definition) is 1. The summed E-state index contributed by atoms with van der Waals surface area (Å²) in [6, 6.07) is 7.17. The Bertz CT molecular complexity index is 624. The Kier molecular flexibility index (Phi) is 4.53. The zero-order valence-corrected chi connectivity index (χ0v) is 12.8. The third-order valence-corrected chi connectivity index (χ3v) is 4.10. The Morgan fingerprint density at radius 2 is 1.91 bits per heavy atom. The van der Waals surface area contributed by atoms with Crippen LogP contribution < -0.4 is 10.2 Å². The predicted molar refractivity (Wildman–Crippen MR) is 87.1 cm³/mol. The third-order valence-electron chi connectivity index (χ3n) is 3.85. The van der Waals surface area contributed by atoms with Gasteiger partial charge in [-0.05, 0) is 37.1 Å². The van der Waals surface area contributed by atoms with Crippen LogP contribution in [0.2, 0.25) is 5.02 Å². The van der Waals surface area contributed by atoms with E-state index in [9.17, 15) is 4.79 Å². The van der Waals surface area contributed by atoms with Crippen molar-refractivity contribution in [1.29, 1.82) is 0 Å². The minimum absolute atomic E-state index is 0.0311. The summed E-state index contributed by atoms with van der Waals surface area (Å²) in [4.78, 5) is 22.9. The van der Waals surface area contributed by atoms with Crippen molar-refractivity contribution in [2.75, 3.05) is 23.3 Å². The van der Waals surface area contributed by atoms with Crippen LogP contribution in [0.4, 0.5) is 11.5 Å². The van der Waals surface area contributed by atoms with Crippen LogP contribution in [0.1, 0.15) is 12.8 Å². The lowest BCUT2D eigenvalue weighted by molar-refractivity contribution is -0.120. The molecule has 0 unspecified atom stereocenters. The van der Waals surface area contributed by atoms with E-state index in [1.54, 1.807) is 30.7 Å². The number of amides is 1. The second-order valence-electron chi connectivity index (χ2n) is 5.32. The van der Waals surface area contributed by atoms with E-state index >= 15 is 0 Å². The predicted octanol–water partition coefficient (Wildman–Crippen LogP) is 2.99. The molecule has 1 N–H and O–H groups in total. The van der Waals surface area contributed by atoms with Gasteiger partial charge in [-0.3, -0.25) is 9.78 Å². The van der Waals surface area contributed by atoms with Gasteiger partial charge in [0.05, 0.1) is 6.20 Å². The zero-order chi connectivity index (χ0) is 15.4. The van der Waals surface area contributed by atoms with Gasteiger partial charge in [0.1, 0.15) is 5.82 Å². The number of halogens is 1. The summed E-state index contributed by atoms with van der Waals surface area (Å²) in [5, 5.41) is 3.61. The molecular formula is C16H17ClN4O. The molecule has 1 fully saturated rings. The van der Waals surface area contributed by atoms with Gasteiger partial charge in [0.15, 0.2) is 0 Å². The molecule has 0 spiro atoms. The fourth-order valence-corrected chi connectivity index (χ4v) is 2.73. The lowest BCUT2D eigenvalue weighted by Gasteiger charge is -2.31. The number of carbonyl (C=O) groups excluding carboxylic acids is 1. The summed E-state index contributed by atoms with van der Waals surface area (Å²) in [6.45, 7) is 1.63. The molecule has 0 aliphatic carbocycles. The monoisotopic (exact) mass is 316 g/mol. The lowest BCUT2D eigenvalue weighted by Crippen LogP contribution is -2.38. The molecule has 0 bridgehead atoms. The molecule has 114 valence electrons. The lowest BCUT2D eigenvalue weighted by atomic mass is 9.96. The highest BCUT2D eigenvalue weighted by atomic mass is 35.5. The minimum Gasteiger partial charge on any atom is -0.355 e. The molecule has 0 saturated carbocycles. The molecule has 1 aromatic heterocycles. The van der Waals surface area contributed by atoms with Crippen LogP contribution >= 0.6 is 11.6 Å². The SMILES string of the molecule is O=C(Nc1ccc(Cl)cc1)C1CCN(c2cnccn2)CC1. The minimum atomic E-state index is 0.0311. The topological polar surface area (TPSA) is 58.1 Å². The van der Waals surface area contributed by atoms with Crippen molar-refractivity contribution in [1.82, 2.24) is 9.97 Å². The number of anilines is 2. The molecule has 1 aromatic carbocycles. The second kappa shape index (κ2) is 6.75. The quantitative estimate of drug-likeness (QED) is 0.945. The van der Waals surface area contributed by atoms with E-state index in [1.807, 2.05) is 12.1 Å². The van der Waals surface area contributed by atoms with Gasteiger partial charge in [-0.15, -0.1) is 0 Å². The van der Waals surface area contributed by atoms with Gasteiger partial charge in [0.2, 0.25) is 5.91 Å². The number of nitrogens with one attached hydrogen (secondary N) is 1. The molecule has 2 heterocycles. The maximum atomic E-state index is 12.3. The molecule has 22 heavy (non-hydrogen) atoms. The summed E-state index contributed by atoms with van der Waals surface area (Å²) in [5.41, 5.74) is 0.783. The first kappa shape index (κ1) is 14.8. The highest BCUT2D eigenvalue weighted by Gasteiger charge is 2.25. The zero-order valence-electron chi connectivity index (χ0n) is 12.1. The number of piperidine rings is 1. The van der Waals surface area contributed by atoms with Crippen molar-refractivity contribution in [2.24, 2.45) is 5.92 Å². The maximum Gasteiger partial charge on any atom is 0.227 e. The highest BCUT2D eigenvalue weighted by Crippen LogP contribution is 2.23. The van der Waals surface area contributed by atoms with Crippen molar-refractivity contribution < 1.29 is 4.79 Å². The van der Waals surface area contributed by atoms with E-state index < -0.39 is 0 Å². The summed E-state index contributed by atoms with van der Waals surface area (Å²) in [5.74, 6) is 0.976. The van der Waals surface area contributed by atoms with Crippen LogP contribution in [0.3, 0.4) is 0 Å². The highest BCUT2D eigenvalue weighted by molar-refractivity contribution is 6.30. The van der Waals surface area contributed by atoms with Crippen LogP contribution in [0.25, 0.3) is 0 Å². The molecule has 1 saturated heterocycles. The van der Waals surface area contributed by atoms with Gasteiger partial charge < -0.3 is 10.2 Å². The molecule has 1 aliphatic rings. The number of nitrogens with zero attached hydrogens (tertiary/aromatic N) is 3. The van der Waals surface area contributed by atoms with Gasteiger partial charge in [-0.25, -0.2) is 4.98 Å². The Hall–Kier alpha value is -2.14. The van der Waals surface area contributed by atoms with Crippen LogP contribution in [0.15, 0.2) is 42.9 Å². The maximum absolute atomic E-state index is 12.3. The van der Waals surface area contributed by atoms with Crippen molar-refractivity contribution in [3.05, 3.63) is 47.9 Å². The summed E-state index contributed by atoms with van der Waals surface area (Å²) < 4.78 is 0. The van der Waals surface area contributed by atoms with Crippen LogP contribution in [-0.2, 0) is 4.79 Å². The average molecular weight is 317 g/mol. The fraction of sp³-hybridized carbons (Fsp3) is 0.312. The molecule has 0 radical (unpaired) electrons. The van der Waals surface area contributed by atoms with Gasteiger partial charge in [-0.2, -0.15) is 0 Å². The molecule has 5 nitrogen and oxygen atoms in total. The van der Waals surface area contributed by atoms with Crippen LogP contribution in [0, 0.1) is 5.92 Å². The summed E-state index contributed by atoms with van der Waals surface area (Å²) >= 11 is 5.84. The van der Waals surface area contributed by atoms with E-state index in [-0.39, 0.29) is 11.8 Å². The summed E-state index contributed by atoms with van der Waals surface area (Å²) in [7, 11) is 0. The molecule has 1 amide bonds. The number of aromatic nitrogens is 2. The Morgan fingerprint density at radius 1 is 1.18 bits per heavy atom. The van der Waals surface area contributed by atoms with Crippen molar-refractivity contribution in [3.8, 4) is 0 Å². The molecule has 6 heteroatoms. The first-order valence-corrected chi connectivity index (χ1v) is 7.67.